The first-order chi connectivity index (χ1) is 12.6. The van der Waals surface area contributed by atoms with Crippen molar-refractivity contribution in [2.45, 2.75) is 0 Å². The maximum absolute atomic E-state index is 12.2. The number of nitrogens with one attached hydrogen (secondary N) is 1. The molecule has 0 saturated carbocycles. The number of hydrogen-bond donors (Lipinski definition) is 1. The van der Waals surface area contributed by atoms with Crippen LogP contribution >= 0.6 is 15.9 Å². The summed E-state index contributed by atoms with van der Waals surface area (Å²) in [4.78, 5) is 12.2. The van der Waals surface area contributed by atoms with E-state index in [2.05, 4.69) is 21.2 Å². The number of benzene rings is 3. The molecule has 0 aliphatic rings. The summed E-state index contributed by atoms with van der Waals surface area (Å²) in [5.74, 6) is 1.53. The molecule has 26 heavy (non-hydrogen) atoms. The number of halogens is 1. The summed E-state index contributed by atoms with van der Waals surface area (Å²) in [6, 6.07) is 16.9. The highest BCUT2D eigenvalue weighted by Gasteiger charge is 2.10. The van der Waals surface area contributed by atoms with Gasteiger partial charge in [0.2, 0.25) is 0 Å². The maximum atomic E-state index is 12.2. The van der Waals surface area contributed by atoms with Crippen LogP contribution in [0.3, 0.4) is 0 Å². The van der Waals surface area contributed by atoms with Gasteiger partial charge >= 0.3 is 0 Å². The molecule has 1 amide bonds. The Morgan fingerprint density at radius 1 is 1.00 bits per heavy atom. The predicted octanol–water partition coefficient (Wildman–Crippen LogP) is 4.64. The van der Waals surface area contributed by atoms with Crippen LogP contribution in [0.2, 0.25) is 0 Å². The SMILES string of the molecule is COc1cc(NC(=O)COc2ccc3ccccc3c2Br)cc(OC)c1. The highest BCUT2D eigenvalue weighted by molar-refractivity contribution is 9.10. The number of ether oxygens (including phenoxy) is 3. The topological polar surface area (TPSA) is 56.8 Å². The number of fused-ring (bicyclic) bond motifs is 1. The number of amides is 1. The molecule has 0 saturated heterocycles. The van der Waals surface area contributed by atoms with E-state index in [0.29, 0.717) is 22.9 Å². The highest BCUT2D eigenvalue weighted by Crippen LogP contribution is 2.33. The smallest absolute Gasteiger partial charge is 0.262 e. The van der Waals surface area contributed by atoms with Gasteiger partial charge in [0.05, 0.1) is 18.7 Å². The third kappa shape index (κ3) is 4.08. The third-order valence-corrected chi connectivity index (χ3v) is 4.64. The minimum absolute atomic E-state index is 0.115. The largest absolute Gasteiger partial charge is 0.497 e. The van der Waals surface area contributed by atoms with Crippen molar-refractivity contribution in [3.05, 3.63) is 59.1 Å². The minimum Gasteiger partial charge on any atom is -0.497 e. The molecule has 0 aliphatic heterocycles. The van der Waals surface area contributed by atoms with Gasteiger partial charge in [-0.05, 0) is 32.8 Å². The zero-order valence-corrected chi connectivity index (χ0v) is 16.0. The van der Waals surface area contributed by atoms with Gasteiger partial charge in [0.15, 0.2) is 6.61 Å². The summed E-state index contributed by atoms with van der Waals surface area (Å²) < 4.78 is 16.9. The summed E-state index contributed by atoms with van der Waals surface area (Å²) in [6.45, 7) is -0.115. The van der Waals surface area contributed by atoms with E-state index in [9.17, 15) is 4.79 Å². The van der Waals surface area contributed by atoms with Gasteiger partial charge in [-0.1, -0.05) is 30.3 Å². The zero-order valence-electron chi connectivity index (χ0n) is 14.4. The van der Waals surface area contributed by atoms with Crippen LogP contribution in [0.25, 0.3) is 10.8 Å². The van der Waals surface area contributed by atoms with Crippen molar-refractivity contribution in [3.63, 3.8) is 0 Å². The van der Waals surface area contributed by atoms with Gasteiger partial charge in [-0.3, -0.25) is 4.79 Å². The monoisotopic (exact) mass is 415 g/mol. The molecule has 0 radical (unpaired) electrons. The molecule has 0 aliphatic carbocycles. The van der Waals surface area contributed by atoms with E-state index in [1.807, 2.05) is 36.4 Å². The van der Waals surface area contributed by atoms with Crippen LogP contribution < -0.4 is 19.5 Å². The van der Waals surface area contributed by atoms with E-state index in [1.165, 1.54) is 0 Å². The average Bonchev–Trinajstić information content (AvgIpc) is 2.67. The second-order valence-electron chi connectivity index (χ2n) is 5.54. The van der Waals surface area contributed by atoms with Gasteiger partial charge in [-0.25, -0.2) is 0 Å². The molecule has 6 heteroatoms. The number of rotatable bonds is 6. The number of anilines is 1. The van der Waals surface area contributed by atoms with Gasteiger partial charge in [0, 0.05) is 23.9 Å². The van der Waals surface area contributed by atoms with Crippen LogP contribution in [0.5, 0.6) is 17.2 Å². The Balaban J connectivity index is 1.69. The quantitative estimate of drug-likeness (QED) is 0.637. The molecule has 3 rings (SSSR count). The Kier molecular flexibility index (Phi) is 5.63. The molecule has 3 aromatic rings. The van der Waals surface area contributed by atoms with Gasteiger partial charge < -0.3 is 19.5 Å². The lowest BCUT2D eigenvalue weighted by Gasteiger charge is -2.12. The van der Waals surface area contributed by atoms with Crippen molar-refractivity contribution in [3.8, 4) is 17.2 Å². The fraction of sp³-hybridized carbons (Fsp3) is 0.150. The van der Waals surface area contributed by atoms with E-state index < -0.39 is 0 Å². The molecule has 0 spiro atoms. The van der Waals surface area contributed by atoms with Gasteiger partial charge in [0.25, 0.3) is 5.91 Å². The second-order valence-corrected chi connectivity index (χ2v) is 6.33. The van der Waals surface area contributed by atoms with Crippen molar-refractivity contribution in [2.24, 2.45) is 0 Å². The molecule has 0 unspecified atom stereocenters. The number of carbonyl (C=O) groups is 1. The number of hydrogen-bond acceptors (Lipinski definition) is 4. The lowest BCUT2D eigenvalue weighted by atomic mass is 10.1. The minimum atomic E-state index is -0.277. The van der Waals surface area contributed by atoms with E-state index in [1.54, 1.807) is 32.4 Å². The first-order valence-electron chi connectivity index (χ1n) is 7.93. The molecule has 0 bridgehead atoms. The molecule has 134 valence electrons. The number of carbonyl (C=O) groups excluding carboxylic acids is 1. The second kappa shape index (κ2) is 8.10. The van der Waals surface area contributed by atoms with E-state index in [4.69, 9.17) is 14.2 Å². The first-order valence-corrected chi connectivity index (χ1v) is 8.73. The predicted molar refractivity (Wildman–Crippen MR) is 105 cm³/mol. The normalized spacial score (nSPS) is 10.4. The first kappa shape index (κ1) is 18.1. The van der Waals surface area contributed by atoms with Crippen LogP contribution in [0.1, 0.15) is 0 Å². The molecule has 0 aromatic heterocycles. The van der Waals surface area contributed by atoms with Gasteiger partial charge in [0.1, 0.15) is 17.2 Å². The summed E-state index contributed by atoms with van der Waals surface area (Å²) in [7, 11) is 3.11. The van der Waals surface area contributed by atoms with E-state index in [0.717, 1.165) is 15.2 Å². The Labute approximate surface area is 160 Å². The zero-order chi connectivity index (χ0) is 18.5. The van der Waals surface area contributed by atoms with Crippen molar-refractivity contribution < 1.29 is 19.0 Å². The van der Waals surface area contributed by atoms with Crippen molar-refractivity contribution in [2.75, 3.05) is 26.1 Å². The lowest BCUT2D eigenvalue weighted by molar-refractivity contribution is -0.118. The van der Waals surface area contributed by atoms with Crippen molar-refractivity contribution in [1.29, 1.82) is 0 Å². The molecular weight excluding hydrogens is 398 g/mol. The van der Waals surface area contributed by atoms with Crippen LogP contribution in [0, 0.1) is 0 Å². The summed E-state index contributed by atoms with van der Waals surface area (Å²) in [5, 5.41) is 4.91. The van der Waals surface area contributed by atoms with Crippen LogP contribution in [0.15, 0.2) is 59.1 Å². The Bertz CT molecular complexity index is 920. The Morgan fingerprint density at radius 3 is 2.38 bits per heavy atom. The molecule has 3 aromatic carbocycles. The van der Waals surface area contributed by atoms with Crippen molar-refractivity contribution >= 4 is 38.3 Å². The fourth-order valence-electron chi connectivity index (χ4n) is 2.55. The van der Waals surface area contributed by atoms with Crippen LogP contribution in [-0.4, -0.2) is 26.7 Å². The Hall–Kier alpha value is -2.73. The molecule has 0 heterocycles. The van der Waals surface area contributed by atoms with Crippen molar-refractivity contribution in [1.82, 2.24) is 0 Å². The van der Waals surface area contributed by atoms with E-state index >= 15 is 0 Å². The molecular formula is C20H18BrNO4. The maximum Gasteiger partial charge on any atom is 0.262 e. The van der Waals surface area contributed by atoms with Gasteiger partial charge in [-0.15, -0.1) is 0 Å². The summed E-state index contributed by atoms with van der Waals surface area (Å²) in [5.41, 5.74) is 0.576. The lowest BCUT2D eigenvalue weighted by Crippen LogP contribution is -2.20. The summed E-state index contributed by atoms with van der Waals surface area (Å²) in [6.07, 6.45) is 0. The molecule has 0 atom stereocenters. The summed E-state index contributed by atoms with van der Waals surface area (Å²) >= 11 is 3.55. The highest BCUT2D eigenvalue weighted by atomic mass is 79.9. The molecule has 5 nitrogen and oxygen atoms in total. The molecule has 0 fully saturated rings. The van der Waals surface area contributed by atoms with Crippen LogP contribution in [-0.2, 0) is 4.79 Å². The molecule has 1 N–H and O–H groups in total. The standard InChI is InChI=1S/C20H18BrNO4/c1-24-15-9-14(10-16(11-15)25-2)22-19(23)12-26-18-8-7-13-5-3-4-6-17(13)20(18)21/h3-11H,12H2,1-2H3,(H,22,23). The Morgan fingerprint density at radius 2 is 1.69 bits per heavy atom. The fourth-order valence-corrected chi connectivity index (χ4v) is 3.15. The average molecular weight is 416 g/mol. The number of methoxy groups -OCH3 is 2. The van der Waals surface area contributed by atoms with Crippen LogP contribution in [0.4, 0.5) is 5.69 Å². The van der Waals surface area contributed by atoms with Gasteiger partial charge in [-0.2, -0.15) is 0 Å². The van der Waals surface area contributed by atoms with E-state index in [-0.39, 0.29) is 12.5 Å². The third-order valence-electron chi connectivity index (χ3n) is 3.82.